The highest BCUT2D eigenvalue weighted by atomic mass is 16.1. The van der Waals surface area contributed by atoms with E-state index in [1.54, 1.807) is 0 Å². The van der Waals surface area contributed by atoms with Gasteiger partial charge in [-0.1, -0.05) is 0 Å². The summed E-state index contributed by atoms with van der Waals surface area (Å²) < 4.78 is 0. The third-order valence-electron chi connectivity index (χ3n) is 3.40. The molecule has 0 radical (unpaired) electrons. The van der Waals surface area contributed by atoms with Gasteiger partial charge in [-0.3, -0.25) is 4.79 Å². The fourth-order valence-corrected chi connectivity index (χ4v) is 2.41. The predicted octanol–water partition coefficient (Wildman–Crippen LogP) is 0.831. The van der Waals surface area contributed by atoms with Gasteiger partial charge in [-0.2, -0.15) is 0 Å². The minimum atomic E-state index is 0.0935. The first-order valence-corrected chi connectivity index (χ1v) is 6.70. The van der Waals surface area contributed by atoms with Crippen molar-refractivity contribution in [1.82, 2.24) is 15.5 Å². The van der Waals surface area contributed by atoms with Crippen LogP contribution in [-0.2, 0) is 4.79 Å². The number of hydrogen-bond donors (Lipinski definition) is 2. The fourth-order valence-electron chi connectivity index (χ4n) is 2.41. The summed E-state index contributed by atoms with van der Waals surface area (Å²) in [5, 5.41) is 6.24. The fraction of sp³-hybridized carbons (Fsp3) is 0.923. The number of amides is 1. The van der Waals surface area contributed by atoms with Gasteiger partial charge in [-0.25, -0.2) is 0 Å². The lowest BCUT2D eigenvalue weighted by atomic mass is 9.92. The maximum Gasteiger partial charge on any atom is 0.234 e. The van der Waals surface area contributed by atoms with Crippen LogP contribution in [-0.4, -0.2) is 49.6 Å². The first-order chi connectivity index (χ1) is 7.99. The standard InChI is InChI=1S/C13H27N3O/c1-10(2)15-13(17)8-14-11(3)12-6-5-7-16(4)9-12/h10-12,14H,5-9H2,1-4H3,(H,15,17). The van der Waals surface area contributed by atoms with E-state index in [0.29, 0.717) is 18.5 Å². The van der Waals surface area contributed by atoms with Crippen molar-refractivity contribution in [2.75, 3.05) is 26.7 Å². The molecule has 0 aromatic heterocycles. The Balaban J connectivity index is 2.24. The van der Waals surface area contributed by atoms with Crippen LogP contribution in [0.4, 0.5) is 0 Å². The smallest absolute Gasteiger partial charge is 0.234 e. The molecule has 1 aliphatic heterocycles. The van der Waals surface area contributed by atoms with Crippen molar-refractivity contribution in [3.8, 4) is 0 Å². The second-order valence-corrected chi connectivity index (χ2v) is 5.56. The highest BCUT2D eigenvalue weighted by Gasteiger charge is 2.22. The molecule has 0 saturated carbocycles. The number of carbonyl (C=O) groups excluding carboxylic acids is 1. The minimum absolute atomic E-state index is 0.0935. The Kier molecular flexibility index (Phi) is 5.92. The molecule has 0 aromatic rings. The molecule has 2 atom stereocenters. The van der Waals surface area contributed by atoms with E-state index in [2.05, 4.69) is 29.5 Å². The van der Waals surface area contributed by atoms with Gasteiger partial charge in [0, 0.05) is 18.6 Å². The van der Waals surface area contributed by atoms with E-state index in [9.17, 15) is 4.79 Å². The number of likely N-dealkylation sites (tertiary alicyclic amines) is 1. The molecule has 4 nitrogen and oxygen atoms in total. The molecule has 100 valence electrons. The zero-order chi connectivity index (χ0) is 12.8. The summed E-state index contributed by atoms with van der Waals surface area (Å²) in [6.45, 7) is 8.93. The van der Waals surface area contributed by atoms with E-state index in [0.717, 1.165) is 6.54 Å². The van der Waals surface area contributed by atoms with E-state index in [1.807, 2.05) is 13.8 Å². The molecule has 1 rings (SSSR count). The van der Waals surface area contributed by atoms with Crippen LogP contribution in [0.15, 0.2) is 0 Å². The van der Waals surface area contributed by atoms with Crippen LogP contribution < -0.4 is 10.6 Å². The summed E-state index contributed by atoms with van der Waals surface area (Å²) in [6, 6.07) is 0.635. The molecular formula is C13H27N3O. The van der Waals surface area contributed by atoms with Gasteiger partial charge < -0.3 is 15.5 Å². The van der Waals surface area contributed by atoms with Crippen molar-refractivity contribution < 1.29 is 4.79 Å². The summed E-state index contributed by atoms with van der Waals surface area (Å²) in [4.78, 5) is 13.9. The number of piperidine rings is 1. The molecule has 0 aromatic carbocycles. The lowest BCUT2D eigenvalue weighted by Gasteiger charge is -2.33. The molecule has 2 N–H and O–H groups in total. The van der Waals surface area contributed by atoms with Crippen LogP contribution >= 0.6 is 0 Å². The molecular weight excluding hydrogens is 214 g/mol. The number of rotatable bonds is 5. The van der Waals surface area contributed by atoms with Crippen LogP contribution in [0.3, 0.4) is 0 Å². The third-order valence-corrected chi connectivity index (χ3v) is 3.40. The summed E-state index contributed by atoms with van der Waals surface area (Å²) in [5.41, 5.74) is 0. The molecule has 2 unspecified atom stereocenters. The Hall–Kier alpha value is -0.610. The molecule has 0 spiro atoms. The van der Waals surface area contributed by atoms with Gasteiger partial charge in [-0.15, -0.1) is 0 Å². The lowest BCUT2D eigenvalue weighted by Crippen LogP contribution is -2.46. The Morgan fingerprint density at radius 1 is 1.41 bits per heavy atom. The highest BCUT2D eigenvalue weighted by Crippen LogP contribution is 2.18. The van der Waals surface area contributed by atoms with Crippen molar-refractivity contribution in [3.05, 3.63) is 0 Å². The van der Waals surface area contributed by atoms with Crippen LogP contribution in [0.25, 0.3) is 0 Å². The molecule has 1 amide bonds. The summed E-state index contributed by atoms with van der Waals surface area (Å²) >= 11 is 0. The number of hydrogen-bond acceptors (Lipinski definition) is 3. The maximum atomic E-state index is 11.5. The lowest BCUT2D eigenvalue weighted by molar-refractivity contribution is -0.120. The molecule has 0 bridgehead atoms. The van der Waals surface area contributed by atoms with Crippen molar-refractivity contribution >= 4 is 5.91 Å². The Morgan fingerprint density at radius 2 is 2.12 bits per heavy atom. The Bertz CT molecular complexity index is 243. The summed E-state index contributed by atoms with van der Waals surface area (Å²) in [7, 11) is 2.17. The summed E-state index contributed by atoms with van der Waals surface area (Å²) in [6.07, 6.45) is 2.54. The van der Waals surface area contributed by atoms with E-state index < -0.39 is 0 Å². The molecule has 0 aliphatic carbocycles. The molecule has 17 heavy (non-hydrogen) atoms. The number of nitrogens with zero attached hydrogens (tertiary/aromatic N) is 1. The largest absolute Gasteiger partial charge is 0.353 e. The zero-order valence-electron chi connectivity index (χ0n) is 11.6. The van der Waals surface area contributed by atoms with E-state index in [1.165, 1.54) is 19.4 Å². The molecule has 4 heteroatoms. The number of carbonyl (C=O) groups is 1. The Labute approximate surface area is 105 Å². The average Bonchev–Trinajstić information content (AvgIpc) is 2.25. The van der Waals surface area contributed by atoms with Crippen molar-refractivity contribution in [2.45, 2.75) is 45.7 Å². The first kappa shape index (κ1) is 14.5. The van der Waals surface area contributed by atoms with Gasteiger partial charge in [0.2, 0.25) is 5.91 Å². The monoisotopic (exact) mass is 241 g/mol. The van der Waals surface area contributed by atoms with Crippen LogP contribution in [0, 0.1) is 5.92 Å². The van der Waals surface area contributed by atoms with E-state index in [-0.39, 0.29) is 11.9 Å². The first-order valence-electron chi connectivity index (χ1n) is 6.70. The highest BCUT2D eigenvalue weighted by molar-refractivity contribution is 5.78. The van der Waals surface area contributed by atoms with Crippen LogP contribution in [0.5, 0.6) is 0 Å². The third kappa shape index (κ3) is 5.50. The summed E-state index contributed by atoms with van der Waals surface area (Å²) in [5.74, 6) is 0.761. The van der Waals surface area contributed by atoms with Gasteiger partial charge in [0.1, 0.15) is 0 Å². The van der Waals surface area contributed by atoms with E-state index in [4.69, 9.17) is 0 Å². The normalized spacial score (nSPS) is 23.7. The van der Waals surface area contributed by atoms with Crippen LogP contribution in [0.1, 0.15) is 33.6 Å². The maximum absolute atomic E-state index is 11.5. The quantitative estimate of drug-likeness (QED) is 0.749. The minimum Gasteiger partial charge on any atom is -0.353 e. The van der Waals surface area contributed by atoms with Gasteiger partial charge in [-0.05, 0) is 53.1 Å². The second-order valence-electron chi connectivity index (χ2n) is 5.56. The van der Waals surface area contributed by atoms with Crippen molar-refractivity contribution in [2.24, 2.45) is 5.92 Å². The van der Waals surface area contributed by atoms with Crippen molar-refractivity contribution in [1.29, 1.82) is 0 Å². The molecule has 1 aliphatic rings. The SMILES string of the molecule is CC(C)NC(=O)CNC(C)C1CCCN(C)C1. The van der Waals surface area contributed by atoms with Gasteiger partial charge in [0.05, 0.1) is 6.54 Å². The predicted molar refractivity (Wildman–Crippen MR) is 71.0 cm³/mol. The van der Waals surface area contributed by atoms with Gasteiger partial charge >= 0.3 is 0 Å². The topological polar surface area (TPSA) is 44.4 Å². The number of nitrogens with one attached hydrogen (secondary N) is 2. The molecule has 1 fully saturated rings. The van der Waals surface area contributed by atoms with Crippen molar-refractivity contribution in [3.63, 3.8) is 0 Å². The van der Waals surface area contributed by atoms with Gasteiger partial charge in [0.25, 0.3) is 0 Å². The van der Waals surface area contributed by atoms with E-state index >= 15 is 0 Å². The Morgan fingerprint density at radius 3 is 2.71 bits per heavy atom. The van der Waals surface area contributed by atoms with Gasteiger partial charge in [0.15, 0.2) is 0 Å². The average molecular weight is 241 g/mol. The zero-order valence-corrected chi connectivity index (χ0v) is 11.6. The molecule has 1 heterocycles. The molecule has 1 saturated heterocycles. The second kappa shape index (κ2) is 6.97. The van der Waals surface area contributed by atoms with Crippen LogP contribution in [0.2, 0.25) is 0 Å².